The van der Waals surface area contributed by atoms with Crippen molar-refractivity contribution < 1.29 is 81.2 Å². The number of Topliss-reactive ketones (excluding diaryl/α,β-unsaturated/α-hetero) is 1. The fourth-order valence-corrected chi connectivity index (χ4v) is 5.83. The molecule has 1 fully saturated rings. The van der Waals surface area contributed by atoms with Crippen LogP contribution in [0.4, 0.5) is 5.69 Å². The van der Waals surface area contributed by atoms with Gasteiger partial charge in [-0.2, -0.15) is 8.42 Å². The summed E-state index contributed by atoms with van der Waals surface area (Å²) in [6.45, 7) is 4.20. The third-order valence-corrected chi connectivity index (χ3v) is 8.81. The van der Waals surface area contributed by atoms with Gasteiger partial charge in [0, 0.05) is 44.5 Å². The van der Waals surface area contributed by atoms with Gasteiger partial charge in [-0.1, -0.05) is 12.1 Å². The zero-order chi connectivity index (χ0) is 41.2. The Morgan fingerprint density at radius 2 is 1.65 bits per heavy atom. The minimum absolute atomic E-state index is 0.0894. The molecule has 0 bridgehead atoms. The summed E-state index contributed by atoms with van der Waals surface area (Å²) < 4.78 is 48.6. The van der Waals surface area contributed by atoms with E-state index in [0.29, 0.717) is 5.56 Å². The van der Waals surface area contributed by atoms with Crippen LogP contribution in [0.3, 0.4) is 0 Å². The highest BCUT2D eigenvalue weighted by molar-refractivity contribution is 7.85. The zero-order valence-corrected chi connectivity index (χ0v) is 30.8. The monoisotopic (exact) mass is 797 g/mol. The minimum Gasteiger partial charge on any atom is -0.479 e. The molecular weight excluding hydrogens is 754 g/mol. The summed E-state index contributed by atoms with van der Waals surface area (Å²) in [4.78, 5) is 86.3. The predicted molar refractivity (Wildman–Crippen MR) is 187 cm³/mol. The Hall–Kier alpha value is -5.06. The van der Waals surface area contributed by atoms with Crippen LogP contribution in [0.15, 0.2) is 36.4 Å². The molecule has 302 valence electrons. The number of ketones is 1. The van der Waals surface area contributed by atoms with Gasteiger partial charge in [0.2, 0.25) is 18.1 Å². The Morgan fingerprint density at radius 1 is 1.00 bits per heavy atom. The number of ether oxygens (including phenoxy) is 3. The van der Waals surface area contributed by atoms with Crippen LogP contribution >= 0.6 is 0 Å². The van der Waals surface area contributed by atoms with E-state index < -0.39 is 125 Å². The van der Waals surface area contributed by atoms with E-state index in [1.54, 1.807) is 20.8 Å². The van der Waals surface area contributed by atoms with Crippen molar-refractivity contribution in [3.63, 3.8) is 0 Å². The fourth-order valence-electron chi connectivity index (χ4n) is 5.05. The highest BCUT2D eigenvalue weighted by Gasteiger charge is 2.48. The highest BCUT2D eigenvalue weighted by atomic mass is 32.2. The second kappa shape index (κ2) is 19.0. The van der Waals surface area contributed by atoms with Crippen molar-refractivity contribution in [3.8, 4) is 5.75 Å². The second-order valence-electron chi connectivity index (χ2n) is 13.5. The molecule has 2 aliphatic heterocycles. The number of carbonyl (C=O) groups is 7. The van der Waals surface area contributed by atoms with Crippen LogP contribution in [-0.4, -0.2) is 136 Å². The number of aliphatic carboxylic acids is 1. The number of carboxylic acids is 1. The molecule has 0 spiro atoms. The van der Waals surface area contributed by atoms with Crippen LogP contribution in [0.5, 0.6) is 5.75 Å². The summed E-state index contributed by atoms with van der Waals surface area (Å²) in [5, 5.41) is 44.8. The molecule has 55 heavy (non-hydrogen) atoms. The predicted octanol–water partition coefficient (Wildman–Crippen LogP) is -1.22. The molecule has 20 nitrogen and oxygen atoms in total. The molecule has 6 atom stereocenters. The van der Waals surface area contributed by atoms with Gasteiger partial charge in [-0.15, -0.1) is 0 Å². The number of carbonyl (C=O) groups excluding carboxylic acids is 6. The number of nitrogens with one attached hydrogen (secondary N) is 2. The zero-order valence-electron chi connectivity index (χ0n) is 29.9. The van der Waals surface area contributed by atoms with Gasteiger partial charge >= 0.3 is 11.9 Å². The Morgan fingerprint density at radius 3 is 2.25 bits per heavy atom. The third-order valence-electron chi connectivity index (χ3n) is 7.99. The SMILES string of the molecule is CC(C)(C)C(=O)OC/C=C/c1ccc(O[C@@H]2O[C@H](C(=O)O)[C@H](O)[C@H](O)[C@@H]2O)c(NC(=O)CCNC(=O)[C@@H](CC(=O)CCN2C(=O)C=CC2=O)CS(=O)(=O)O)c1. The fraction of sp³-hybridized carbons (Fsp3) is 0.500. The Balaban J connectivity index is 1.71. The van der Waals surface area contributed by atoms with Crippen molar-refractivity contribution >= 4 is 63.2 Å². The number of esters is 1. The number of hydrogen-bond acceptors (Lipinski definition) is 15. The van der Waals surface area contributed by atoms with Crippen LogP contribution in [0, 0.1) is 11.3 Å². The quantitative estimate of drug-likeness (QED) is 0.0520. The molecule has 0 aromatic heterocycles. The average Bonchev–Trinajstić information content (AvgIpc) is 3.41. The molecule has 21 heteroatoms. The molecular formula is C34H43N3O17S. The van der Waals surface area contributed by atoms with Gasteiger partial charge in [-0.25, -0.2) is 4.79 Å². The number of imide groups is 1. The average molecular weight is 798 g/mol. The number of aliphatic hydroxyl groups is 3. The molecule has 1 aromatic rings. The van der Waals surface area contributed by atoms with Crippen molar-refractivity contribution in [1.82, 2.24) is 10.2 Å². The molecule has 0 unspecified atom stereocenters. The van der Waals surface area contributed by atoms with E-state index in [0.717, 1.165) is 17.1 Å². The van der Waals surface area contributed by atoms with Gasteiger partial charge in [0.1, 0.15) is 36.5 Å². The molecule has 0 saturated carbocycles. The van der Waals surface area contributed by atoms with E-state index in [2.05, 4.69) is 10.6 Å². The normalized spacial score (nSPS) is 22.0. The maximum atomic E-state index is 13.0. The first-order valence-corrected chi connectivity index (χ1v) is 18.3. The van der Waals surface area contributed by atoms with E-state index in [1.807, 2.05) is 0 Å². The van der Waals surface area contributed by atoms with Crippen LogP contribution < -0.4 is 15.4 Å². The molecule has 1 aromatic carbocycles. The van der Waals surface area contributed by atoms with E-state index in [9.17, 15) is 67.0 Å². The molecule has 3 rings (SSSR count). The van der Waals surface area contributed by atoms with E-state index in [1.165, 1.54) is 30.4 Å². The lowest BCUT2D eigenvalue weighted by molar-refractivity contribution is -0.271. The first-order chi connectivity index (χ1) is 25.6. The molecule has 4 amide bonds. The Labute approximate surface area is 314 Å². The number of amides is 4. The van der Waals surface area contributed by atoms with Gasteiger partial charge in [-0.05, 0) is 44.5 Å². The van der Waals surface area contributed by atoms with Crippen LogP contribution in [-0.2, 0) is 53.2 Å². The van der Waals surface area contributed by atoms with Crippen molar-refractivity contribution in [2.24, 2.45) is 11.3 Å². The van der Waals surface area contributed by atoms with Crippen LogP contribution in [0.25, 0.3) is 6.08 Å². The number of carboxylic acid groups (broad SMARTS) is 1. The summed E-state index contributed by atoms with van der Waals surface area (Å²) in [6, 6.07) is 4.14. The van der Waals surface area contributed by atoms with Crippen molar-refractivity contribution in [2.45, 2.75) is 70.7 Å². The van der Waals surface area contributed by atoms with Crippen molar-refractivity contribution in [1.29, 1.82) is 0 Å². The van der Waals surface area contributed by atoms with Gasteiger partial charge in [-0.3, -0.25) is 38.2 Å². The highest BCUT2D eigenvalue weighted by Crippen LogP contribution is 2.31. The topological polar surface area (TPSA) is 310 Å². The lowest BCUT2D eigenvalue weighted by Gasteiger charge is -2.38. The first-order valence-electron chi connectivity index (χ1n) is 16.7. The molecule has 1 saturated heterocycles. The van der Waals surface area contributed by atoms with Gasteiger partial charge in [0.05, 0.1) is 22.8 Å². The van der Waals surface area contributed by atoms with Gasteiger partial charge < -0.3 is 45.3 Å². The maximum absolute atomic E-state index is 13.0. The van der Waals surface area contributed by atoms with Crippen LogP contribution in [0.1, 0.15) is 45.6 Å². The van der Waals surface area contributed by atoms with Crippen molar-refractivity contribution in [3.05, 3.63) is 42.0 Å². The van der Waals surface area contributed by atoms with E-state index in [-0.39, 0.29) is 24.6 Å². The number of rotatable bonds is 18. The Bertz CT molecular complexity index is 1800. The lowest BCUT2D eigenvalue weighted by atomic mass is 9.97. The van der Waals surface area contributed by atoms with Gasteiger partial charge in [0.25, 0.3) is 21.9 Å². The molecule has 0 aliphatic carbocycles. The first kappa shape index (κ1) is 44.3. The standard InChI is InChI=1S/C34H43N3O17S/c1-34(2,3)33(48)52-14-4-5-18-6-7-22(53-32-28(44)26(42)27(43)29(54-32)31(46)47)21(15-18)36-23(39)10-12-35-30(45)19(17-55(49,50)51)16-20(38)11-13-37-24(40)8-9-25(37)41/h4-9,15,19,26-29,32,42-44H,10-14,16-17H2,1-3H3,(H,35,45)(H,36,39)(H,46,47)(H,49,50,51)/b5-4+/t19-,26-,27+,28-,29-,32+/m0/s1. The number of aliphatic hydroxyl groups excluding tert-OH is 3. The molecule has 7 N–H and O–H groups in total. The maximum Gasteiger partial charge on any atom is 0.335 e. The molecule has 2 heterocycles. The Kier molecular flexibility index (Phi) is 15.3. The van der Waals surface area contributed by atoms with E-state index in [4.69, 9.17) is 14.2 Å². The van der Waals surface area contributed by atoms with E-state index >= 15 is 0 Å². The number of anilines is 1. The summed E-state index contributed by atoms with van der Waals surface area (Å²) in [6.07, 6.45) is -6.24. The second-order valence-corrected chi connectivity index (χ2v) is 15.0. The summed E-state index contributed by atoms with van der Waals surface area (Å²) >= 11 is 0. The number of nitrogens with zero attached hydrogens (tertiary/aromatic N) is 1. The number of hydrogen-bond donors (Lipinski definition) is 7. The minimum atomic E-state index is -4.76. The summed E-state index contributed by atoms with van der Waals surface area (Å²) in [5.41, 5.74) is -0.419. The summed E-state index contributed by atoms with van der Waals surface area (Å²) in [5.74, 6) is -8.81. The summed E-state index contributed by atoms with van der Waals surface area (Å²) in [7, 11) is -4.76. The third kappa shape index (κ3) is 13.3. The van der Waals surface area contributed by atoms with Crippen molar-refractivity contribution in [2.75, 3.05) is 30.8 Å². The lowest BCUT2D eigenvalue weighted by Crippen LogP contribution is -2.61. The number of benzene rings is 1. The molecule has 0 radical (unpaired) electrons. The molecule has 2 aliphatic rings. The smallest absolute Gasteiger partial charge is 0.335 e. The largest absolute Gasteiger partial charge is 0.479 e. The van der Waals surface area contributed by atoms with Crippen LogP contribution in [0.2, 0.25) is 0 Å². The van der Waals surface area contributed by atoms with Gasteiger partial charge in [0.15, 0.2) is 6.10 Å².